The Bertz CT molecular complexity index is 802. The number of halogens is 1. The molecule has 2 N–H and O–H groups in total. The molecular formula is C33H58ClN3O4. The molecule has 0 saturated carbocycles. The summed E-state index contributed by atoms with van der Waals surface area (Å²) >= 11 is 0. The Hall–Kier alpha value is -1.83. The number of carbonyl (C=O) groups is 2. The molecule has 0 radical (unpaired) electrons. The molecule has 1 aliphatic heterocycles. The average Bonchev–Trinajstić information content (AvgIpc) is 2.98. The minimum atomic E-state index is -0.355. The van der Waals surface area contributed by atoms with E-state index in [2.05, 4.69) is 17.1 Å². The summed E-state index contributed by atoms with van der Waals surface area (Å²) in [6, 6.07) is 7.34. The van der Waals surface area contributed by atoms with Crippen LogP contribution in [-0.2, 0) is 11.3 Å². The van der Waals surface area contributed by atoms with Crippen molar-refractivity contribution >= 4 is 24.4 Å². The lowest BCUT2D eigenvalue weighted by Crippen LogP contribution is -2.49. The molecule has 2 rings (SSSR count). The number of amides is 2. The Morgan fingerprint density at radius 3 is 1.83 bits per heavy atom. The van der Waals surface area contributed by atoms with E-state index in [1.54, 1.807) is 11.0 Å². The van der Waals surface area contributed by atoms with E-state index in [1.807, 2.05) is 18.2 Å². The summed E-state index contributed by atoms with van der Waals surface area (Å²) in [5, 5.41) is 12.1. The Labute approximate surface area is 256 Å². The Kier molecular flexibility index (Phi) is 22.4. The van der Waals surface area contributed by atoms with Crippen molar-refractivity contribution in [2.45, 2.75) is 116 Å². The lowest BCUT2D eigenvalue weighted by molar-refractivity contribution is 0.0668. The number of β-amino-alcohol motifs (C(OH)–C–C–N with tert-alkyl or cyclic N) is 1. The minimum Gasteiger partial charge on any atom is -0.445 e. The van der Waals surface area contributed by atoms with Gasteiger partial charge in [-0.05, 0) is 12.5 Å². The van der Waals surface area contributed by atoms with Crippen LogP contribution in [0, 0.1) is 0 Å². The fourth-order valence-electron chi connectivity index (χ4n) is 5.36. The molecular weight excluding hydrogens is 538 g/mol. The number of ether oxygens (including phenoxy) is 1. The SMILES string of the molecule is CCCCCCCCCCCCCCCCCCNC(=O)c1ccccc1COC(=O)N1CCN(CCO)CC1.Cl. The fourth-order valence-corrected chi connectivity index (χ4v) is 5.36. The van der Waals surface area contributed by atoms with E-state index in [0.717, 1.165) is 31.5 Å². The van der Waals surface area contributed by atoms with Gasteiger partial charge in [0.25, 0.3) is 5.91 Å². The standard InChI is InChI=1S/C33H57N3O4.ClH/c1-2-3-4-5-6-7-8-9-10-11-12-13-14-15-16-19-22-34-32(38)31-21-18-17-20-30(31)29-40-33(39)36-25-23-35(24-26-36)27-28-37;/h17-18,20-21,37H,2-16,19,22-29H2,1H3,(H,34,38);1H. The van der Waals surface area contributed by atoms with Crippen LogP contribution >= 0.6 is 12.4 Å². The van der Waals surface area contributed by atoms with Crippen LogP contribution in [0.5, 0.6) is 0 Å². The number of rotatable bonds is 22. The maximum absolute atomic E-state index is 12.8. The molecule has 1 heterocycles. The van der Waals surface area contributed by atoms with Crippen molar-refractivity contribution in [2.24, 2.45) is 0 Å². The van der Waals surface area contributed by atoms with Crippen molar-refractivity contribution in [1.29, 1.82) is 0 Å². The number of hydrogen-bond acceptors (Lipinski definition) is 5. The number of nitrogens with one attached hydrogen (secondary N) is 1. The van der Waals surface area contributed by atoms with Crippen molar-refractivity contribution in [2.75, 3.05) is 45.9 Å². The van der Waals surface area contributed by atoms with Crippen LogP contribution in [0.1, 0.15) is 126 Å². The van der Waals surface area contributed by atoms with Gasteiger partial charge in [0.05, 0.1) is 6.61 Å². The molecule has 0 atom stereocenters. The van der Waals surface area contributed by atoms with E-state index in [4.69, 9.17) is 9.84 Å². The normalized spacial score (nSPS) is 13.6. The van der Waals surface area contributed by atoms with Crippen LogP contribution in [0.2, 0.25) is 0 Å². The Morgan fingerprint density at radius 2 is 1.29 bits per heavy atom. The lowest BCUT2D eigenvalue weighted by atomic mass is 10.0. The topological polar surface area (TPSA) is 82.1 Å². The zero-order valence-corrected chi connectivity index (χ0v) is 26.6. The lowest BCUT2D eigenvalue weighted by Gasteiger charge is -2.33. The second kappa shape index (κ2) is 24.7. The first-order valence-corrected chi connectivity index (χ1v) is 16.3. The van der Waals surface area contributed by atoms with Gasteiger partial charge >= 0.3 is 6.09 Å². The van der Waals surface area contributed by atoms with Crippen LogP contribution in [0.15, 0.2) is 24.3 Å². The molecule has 0 spiro atoms. The molecule has 1 aromatic rings. The van der Waals surface area contributed by atoms with Gasteiger partial charge in [0.2, 0.25) is 0 Å². The molecule has 7 nitrogen and oxygen atoms in total. The second-order valence-electron chi connectivity index (χ2n) is 11.3. The van der Waals surface area contributed by atoms with E-state index >= 15 is 0 Å². The van der Waals surface area contributed by atoms with E-state index in [9.17, 15) is 9.59 Å². The third-order valence-electron chi connectivity index (χ3n) is 7.98. The number of unbranched alkanes of at least 4 members (excludes halogenated alkanes) is 15. The summed E-state index contributed by atoms with van der Waals surface area (Å²) in [5.41, 5.74) is 1.29. The molecule has 0 aromatic heterocycles. The molecule has 0 aliphatic carbocycles. The molecule has 8 heteroatoms. The molecule has 1 fully saturated rings. The molecule has 1 aliphatic rings. The van der Waals surface area contributed by atoms with E-state index in [0.29, 0.717) is 31.7 Å². The van der Waals surface area contributed by atoms with Crippen molar-refractivity contribution in [3.05, 3.63) is 35.4 Å². The number of nitrogens with zero attached hydrogens (tertiary/aromatic N) is 2. The van der Waals surface area contributed by atoms with E-state index in [-0.39, 0.29) is 37.6 Å². The highest BCUT2D eigenvalue weighted by atomic mass is 35.5. The monoisotopic (exact) mass is 595 g/mol. The minimum absolute atomic E-state index is 0. The van der Waals surface area contributed by atoms with Crippen LogP contribution in [0.3, 0.4) is 0 Å². The third kappa shape index (κ3) is 17.0. The highest BCUT2D eigenvalue weighted by molar-refractivity contribution is 5.95. The van der Waals surface area contributed by atoms with Crippen LogP contribution in [0.25, 0.3) is 0 Å². The van der Waals surface area contributed by atoms with Crippen molar-refractivity contribution < 1.29 is 19.4 Å². The maximum Gasteiger partial charge on any atom is 0.410 e. The second-order valence-corrected chi connectivity index (χ2v) is 11.3. The summed E-state index contributed by atoms with van der Waals surface area (Å²) in [6.07, 6.45) is 21.0. The third-order valence-corrected chi connectivity index (χ3v) is 7.98. The first-order valence-electron chi connectivity index (χ1n) is 16.3. The van der Waals surface area contributed by atoms with Gasteiger partial charge in [-0.2, -0.15) is 0 Å². The highest BCUT2D eigenvalue weighted by Crippen LogP contribution is 2.15. The molecule has 0 unspecified atom stereocenters. The van der Waals surface area contributed by atoms with Gasteiger partial charge in [0, 0.05) is 50.4 Å². The first-order chi connectivity index (χ1) is 19.7. The number of carbonyl (C=O) groups excluding carboxylic acids is 2. The molecule has 2 amide bonds. The number of benzene rings is 1. The van der Waals surface area contributed by atoms with Crippen LogP contribution < -0.4 is 5.32 Å². The van der Waals surface area contributed by atoms with Crippen LogP contribution in [0.4, 0.5) is 4.79 Å². The Balaban J connectivity index is 0.00000840. The molecule has 41 heavy (non-hydrogen) atoms. The van der Waals surface area contributed by atoms with Crippen molar-refractivity contribution in [1.82, 2.24) is 15.1 Å². The fraction of sp³-hybridized carbons (Fsp3) is 0.758. The quantitative estimate of drug-likeness (QED) is 0.137. The predicted octanol–water partition coefficient (Wildman–Crippen LogP) is 7.35. The highest BCUT2D eigenvalue weighted by Gasteiger charge is 2.22. The number of hydrogen-bond donors (Lipinski definition) is 2. The van der Waals surface area contributed by atoms with Crippen molar-refractivity contribution in [3.63, 3.8) is 0 Å². The average molecular weight is 596 g/mol. The van der Waals surface area contributed by atoms with Gasteiger partial charge < -0.3 is 20.1 Å². The number of piperazine rings is 1. The first kappa shape index (κ1) is 37.2. The predicted molar refractivity (Wildman–Crippen MR) is 171 cm³/mol. The van der Waals surface area contributed by atoms with E-state index in [1.165, 1.54) is 89.9 Å². The molecule has 1 saturated heterocycles. The summed E-state index contributed by atoms with van der Waals surface area (Å²) < 4.78 is 5.53. The smallest absolute Gasteiger partial charge is 0.410 e. The number of aliphatic hydroxyl groups excluding tert-OH is 1. The van der Waals surface area contributed by atoms with Crippen LogP contribution in [-0.4, -0.2) is 72.8 Å². The zero-order chi connectivity index (χ0) is 28.7. The van der Waals surface area contributed by atoms with Gasteiger partial charge in [0.1, 0.15) is 6.61 Å². The van der Waals surface area contributed by atoms with Gasteiger partial charge in [-0.25, -0.2) is 4.79 Å². The number of aliphatic hydroxyl groups is 1. The summed E-state index contributed by atoms with van der Waals surface area (Å²) in [6.45, 7) is 6.41. The van der Waals surface area contributed by atoms with Gasteiger partial charge in [0.15, 0.2) is 0 Å². The summed E-state index contributed by atoms with van der Waals surface area (Å²) in [5.74, 6) is -0.106. The maximum atomic E-state index is 12.8. The molecule has 236 valence electrons. The molecule has 0 bridgehead atoms. The summed E-state index contributed by atoms with van der Waals surface area (Å²) in [4.78, 5) is 29.1. The van der Waals surface area contributed by atoms with E-state index < -0.39 is 0 Å². The van der Waals surface area contributed by atoms with Gasteiger partial charge in [-0.1, -0.05) is 121 Å². The Morgan fingerprint density at radius 1 is 0.780 bits per heavy atom. The largest absolute Gasteiger partial charge is 0.445 e. The molecule has 1 aromatic carbocycles. The van der Waals surface area contributed by atoms with Gasteiger partial charge in [-0.15, -0.1) is 12.4 Å². The summed E-state index contributed by atoms with van der Waals surface area (Å²) in [7, 11) is 0. The zero-order valence-electron chi connectivity index (χ0n) is 25.8. The van der Waals surface area contributed by atoms with Gasteiger partial charge in [-0.3, -0.25) is 9.69 Å². The van der Waals surface area contributed by atoms with Crippen molar-refractivity contribution in [3.8, 4) is 0 Å².